The molecule has 1 aromatic heterocycles. The number of phosphoric acid groups is 1. The van der Waals surface area contributed by atoms with Crippen molar-refractivity contribution in [2.75, 3.05) is 26.4 Å². The third-order valence-electron chi connectivity index (χ3n) is 9.66. The van der Waals surface area contributed by atoms with E-state index in [-0.39, 0.29) is 31.2 Å². The molecule has 0 spiro atoms. The van der Waals surface area contributed by atoms with Gasteiger partial charge >= 0.3 is 7.82 Å². The summed E-state index contributed by atoms with van der Waals surface area (Å²) in [6, 6.07) is 9.31. The van der Waals surface area contributed by atoms with Crippen LogP contribution < -0.4 is 11.5 Å². The smallest absolute Gasteiger partial charge is 0.382 e. The van der Waals surface area contributed by atoms with Crippen LogP contribution in [0.15, 0.2) is 35.3 Å². The Hall–Kier alpha value is -2.99. The average molecular weight is 791 g/mol. The minimum atomic E-state index is -4.60. The number of halogens is 1. The predicted octanol–water partition coefficient (Wildman–Crippen LogP) is 8.84. The summed E-state index contributed by atoms with van der Waals surface area (Å²) in [6.07, 6.45) is 20.9. The number of hydrogen-bond donors (Lipinski definition) is 5. The molecular formula is C40H64FN6O7P. The second kappa shape index (κ2) is 26.0. The molecule has 1 saturated heterocycles. The summed E-state index contributed by atoms with van der Waals surface area (Å²) in [7, 11) is -4.60. The zero-order valence-corrected chi connectivity index (χ0v) is 33.5. The Morgan fingerprint density at radius 2 is 1.69 bits per heavy atom. The molecule has 2 aromatic rings. The Labute approximate surface area is 326 Å². The molecule has 4 atom stereocenters. The summed E-state index contributed by atoms with van der Waals surface area (Å²) in [5.74, 6) is -0.418. The highest BCUT2D eigenvalue weighted by Crippen LogP contribution is 2.46. The van der Waals surface area contributed by atoms with Gasteiger partial charge < -0.3 is 35.6 Å². The summed E-state index contributed by atoms with van der Waals surface area (Å²) in [5, 5.41) is 16.3. The van der Waals surface area contributed by atoms with Crippen LogP contribution in [0.25, 0.3) is 0 Å². The fourth-order valence-electron chi connectivity index (χ4n) is 6.52. The lowest BCUT2D eigenvalue weighted by Gasteiger charge is -2.26. The monoisotopic (exact) mass is 790 g/mol. The quantitative estimate of drug-likeness (QED) is 0.0212. The minimum absolute atomic E-state index is 0.0674. The van der Waals surface area contributed by atoms with Crippen LogP contribution in [0.1, 0.15) is 151 Å². The molecule has 1 aliphatic rings. The Kier molecular flexibility index (Phi) is 22.0. The zero-order valence-electron chi connectivity index (χ0n) is 32.7. The van der Waals surface area contributed by atoms with Crippen LogP contribution in [0.2, 0.25) is 0 Å². The predicted molar refractivity (Wildman–Crippen MR) is 212 cm³/mol. The number of hydrogen-bond acceptors (Lipinski definition) is 9. The van der Waals surface area contributed by atoms with E-state index in [1.54, 1.807) is 12.1 Å². The van der Waals surface area contributed by atoms with E-state index < -0.39 is 38.2 Å². The van der Waals surface area contributed by atoms with Gasteiger partial charge in [0.15, 0.2) is 0 Å². The van der Waals surface area contributed by atoms with Gasteiger partial charge in [-0.3, -0.25) is 14.5 Å². The standard InChI is InChI=1S/C40H64FN6O7P/c1-2-3-4-5-6-7-8-9-10-11-12-13-14-15-16-17-22-50-28-35(51-27-33-23-32(26-42)24-34(41)25-33)29-52-55(48,49)53-30-40(45)21-20-38(54-40)36-18-19-37(47-36)39(44)46-31-43/h18-19,23-25,31,35,38,47H,2-17,20-22,27-30,45H2,1H3,(H,48,49)(H3,43,44,46)/t35-,38+,40-/m0/s1. The van der Waals surface area contributed by atoms with Crippen LogP contribution in [0.5, 0.6) is 0 Å². The van der Waals surface area contributed by atoms with Gasteiger partial charge in [-0.1, -0.05) is 103 Å². The molecule has 7 N–H and O–H groups in total. The molecule has 15 heteroatoms. The average Bonchev–Trinajstić information content (AvgIpc) is 3.82. The number of aliphatic imine (C=N–C) groups is 1. The van der Waals surface area contributed by atoms with Gasteiger partial charge in [0.1, 0.15) is 36.4 Å². The van der Waals surface area contributed by atoms with E-state index in [0.717, 1.165) is 31.7 Å². The fourth-order valence-corrected chi connectivity index (χ4v) is 7.33. The molecule has 1 aromatic carbocycles. The molecule has 0 bridgehead atoms. The van der Waals surface area contributed by atoms with Crippen molar-refractivity contribution >= 4 is 20.0 Å². The van der Waals surface area contributed by atoms with E-state index in [4.69, 9.17) is 40.1 Å². The number of amidine groups is 1. The van der Waals surface area contributed by atoms with Crippen molar-refractivity contribution in [2.45, 2.75) is 147 Å². The summed E-state index contributed by atoms with van der Waals surface area (Å²) in [4.78, 5) is 17.4. The van der Waals surface area contributed by atoms with Gasteiger partial charge in [-0.15, -0.1) is 0 Å². The largest absolute Gasteiger partial charge is 0.472 e. The normalized spacial score (nSPS) is 19.0. The van der Waals surface area contributed by atoms with Crippen molar-refractivity contribution in [3.05, 3.63) is 58.7 Å². The molecule has 0 saturated carbocycles. The highest BCUT2D eigenvalue weighted by Gasteiger charge is 2.40. The Morgan fingerprint density at radius 1 is 1.05 bits per heavy atom. The summed E-state index contributed by atoms with van der Waals surface area (Å²) >= 11 is 0. The van der Waals surface area contributed by atoms with Crippen molar-refractivity contribution in [3.63, 3.8) is 0 Å². The van der Waals surface area contributed by atoms with Gasteiger partial charge in [0.05, 0.1) is 43.3 Å². The van der Waals surface area contributed by atoms with Crippen molar-refractivity contribution in [1.29, 1.82) is 10.7 Å². The van der Waals surface area contributed by atoms with Gasteiger partial charge in [-0.2, -0.15) is 5.26 Å². The second-order valence-electron chi connectivity index (χ2n) is 14.5. The number of unbranched alkanes of at least 4 members (excludes halogenated alkanes) is 15. The molecule has 0 amide bonds. The number of nitriles is 1. The highest BCUT2D eigenvalue weighted by atomic mass is 31.2. The molecule has 0 radical (unpaired) electrons. The Morgan fingerprint density at radius 3 is 2.31 bits per heavy atom. The maximum atomic E-state index is 14.0. The summed E-state index contributed by atoms with van der Waals surface area (Å²) in [5.41, 5.74) is 12.7. The lowest BCUT2D eigenvalue weighted by Crippen LogP contribution is -2.43. The number of phosphoric ester groups is 1. The van der Waals surface area contributed by atoms with Gasteiger partial charge in [-0.05, 0) is 55.2 Å². The molecule has 2 heterocycles. The molecule has 1 aliphatic heterocycles. The van der Waals surface area contributed by atoms with Crippen molar-refractivity contribution in [2.24, 2.45) is 16.5 Å². The van der Waals surface area contributed by atoms with Gasteiger partial charge in [0.25, 0.3) is 0 Å². The first kappa shape index (κ1) is 46.4. The van der Waals surface area contributed by atoms with E-state index in [1.807, 2.05) is 6.07 Å². The second-order valence-corrected chi connectivity index (χ2v) is 15.9. The topological polar surface area (TPSA) is 211 Å². The maximum Gasteiger partial charge on any atom is 0.472 e. The van der Waals surface area contributed by atoms with Crippen LogP contribution >= 0.6 is 7.82 Å². The number of aromatic nitrogens is 1. The summed E-state index contributed by atoms with van der Waals surface area (Å²) in [6.45, 7) is 1.98. The number of H-pyrrole nitrogens is 1. The molecule has 0 aliphatic carbocycles. The van der Waals surface area contributed by atoms with Crippen molar-refractivity contribution < 1.29 is 37.1 Å². The van der Waals surface area contributed by atoms with Crippen LogP contribution in [0.3, 0.4) is 0 Å². The SMILES string of the molecule is CCCCCCCCCCCCCCCCCCOC[C@@H](COP(=O)(O)OC[C@]1(N)CC[C@H](c2ccc(C(N)=NC=N)[nH]2)O1)OCc1cc(F)cc(C#N)c1. The van der Waals surface area contributed by atoms with Crippen LogP contribution in [-0.2, 0) is 34.4 Å². The first-order chi connectivity index (χ1) is 26.6. The van der Waals surface area contributed by atoms with E-state index in [0.29, 0.717) is 36.4 Å². The van der Waals surface area contributed by atoms with Gasteiger partial charge in [0.2, 0.25) is 0 Å². The zero-order chi connectivity index (χ0) is 39.8. The van der Waals surface area contributed by atoms with E-state index in [9.17, 15) is 19.1 Å². The van der Waals surface area contributed by atoms with Crippen molar-refractivity contribution in [3.8, 4) is 6.07 Å². The molecule has 55 heavy (non-hydrogen) atoms. The molecule has 1 unspecified atom stereocenters. The Balaban J connectivity index is 1.37. The Bertz CT molecular complexity index is 1520. The number of benzene rings is 1. The lowest BCUT2D eigenvalue weighted by molar-refractivity contribution is -0.0767. The third kappa shape index (κ3) is 19.1. The molecule has 1 fully saturated rings. The van der Waals surface area contributed by atoms with Crippen molar-refractivity contribution in [1.82, 2.24) is 4.98 Å². The summed E-state index contributed by atoms with van der Waals surface area (Å²) < 4.78 is 55.3. The minimum Gasteiger partial charge on any atom is -0.382 e. The number of nitrogens with one attached hydrogen (secondary N) is 2. The van der Waals surface area contributed by atoms with E-state index >= 15 is 0 Å². The van der Waals surface area contributed by atoms with Crippen LogP contribution in [0.4, 0.5) is 4.39 Å². The first-order valence-corrected chi connectivity index (χ1v) is 21.5. The number of nitrogens with two attached hydrogens (primary N) is 2. The van der Waals surface area contributed by atoms with Gasteiger partial charge in [-0.25, -0.2) is 13.9 Å². The van der Waals surface area contributed by atoms with E-state index in [1.165, 1.54) is 95.6 Å². The van der Waals surface area contributed by atoms with Gasteiger partial charge in [0, 0.05) is 12.3 Å². The van der Waals surface area contributed by atoms with E-state index in [2.05, 4.69) is 16.9 Å². The van der Waals surface area contributed by atoms with Crippen LogP contribution in [-0.4, -0.2) is 60.3 Å². The molecule has 3 rings (SSSR count). The fraction of sp³-hybridized carbons (Fsp3) is 0.675. The molecule has 308 valence electrons. The third-order valence-corrected chi connectivity index (χ3v) is 10.6. The number of aromatic amines is 1. The molecule has 13 nitrogen and oxygen atoms in total. The first-order valence-electron chi connectivity index (χ1n) is 20.1. The molecular weight excluding hydrogens is 726 g/mol. The highest BCUT2D eigenvalue weighted by molar-refractivity contribution is 7.47. The maximum absolute atomic E-state index is 14.0. The lowest BCUT2D eigenvalue weighted by atomic mass is 10.0. The number of ether oxygens (including phenoxy) is 3. The number of rotatable bonds is 31. The number of nitrogens with zero attached hydrogens (tertiary/aromatic N) is 2. The van der Waals surface area contributed by atoms with Crippen LogP contribution in [0, 0.1) is 22.6 Å².